The molecule has 3 amide bonds. The Balaban J connectivity index is 1.99. The van der Waals surface area contributed by atoms with E-state index in [4.69, 9.17) is 5.11 Å². The van der Waals surface area contributed by atoms with Gasteiger partial charge >= 0.3 is 12.0 Å². The first kappa shape index (κ1) is 15.3. The van der Waals surface area contributed by atoms with Crippen LogP contribution < -0.4 is 16.0 Å². The van der Waals surface area contributed by atoms with Crippen LogP contribution in [0.3, 0.4) is 0 Å². The Bertz CT molecular complexity index is 581. The van der Waals surface area contributed by atoms with Crippen molar-refractivity contribution in [3.63, 3.8) is 0 Å². The minimum Gasteiger partial charge on any atom is -0.478 e. The molecule has 1 aromatic carbocycles. The topological polar surface area (TPSA) is 108 Å². The molecule has 1 heterocycles. The number of carboxylic acid groups (broad SMARTS) is 1. The van der Waals surface area contributed by atoms with Crippen LogP contribution in [0, 0.1) is 0 Å². The van der Waals surface area contributed by atoms with Crippen molar-refractivity contribution >= 4 is 39.5 Å². The molecule has 0 saturated carbocycles. The van der Waals surface area contributed by atoms with Crippen LogP contribution in [0.25, 0.3) is 0 Å². The second-order valence-electron chi connectivity index (χ2n) is 4.63. The molecule has 0 radical (unpaired) electrons. The lowest BCUT2D eigenvalue weighted by Gasteiger charge is -2.23. The van der Waals surface area contributed by atoms with E-state index in [1.54, 1.807) is 6.07 Å². The summed E-state index contributed by atoms with van der Waals surface area (Å²) in [4.78, 5) is 34.1. The predicted molar refractivity (Wildman–Crippen MR) is 79.3 cm³/mol. The molecule has 7 nitrogen and oxygen atoms in total. The number of anilines is 1. The van der Waals surface area contributed by atoms with E-state index in [0.29, 0.717) is 23.9 Å². The average molecular weight is 356 g/mol. The van der Waals surface area contributed by atoms with Gasteiger partial charge in [-0.1, -0.05) is 15.9 Å². The lowest BCUT2D eigenvalue weighted by Crippen LogP contribution is -2.49. The number of hydrogen-bond donors (Lipinski definition) is 4. The van der Waals surface area contributed by atoms with Crippen LogP contribution in [-0.4, -0.2) is 35.6 Å². The summed E-state index contributed by atoms with van der Waals surface area (Å²) in [5, 5.41) is 17.0. The van der Waals surface area contributed by atoms with Crippen LogP contribution in [0.5, 0.6) is 0 Å². The summed E-state index contributed by atoms with van der Waals surface area (Å²) in [5.74, 6) is -1.16. The summed E-state index contributed by atoms with van der Waals surface area (Å²) < 4.78 is 0.612. The number of carbonyl (C=O) groups excluding carboxylic acids is 2. The molecule has 0 spiro atoms. The molecule has 1 aromatic rings. The number of piperidine rings is 1. The molecule has 1 saturated heterocycles. The van der Waals surface area contributed by atoms with E-state index in [-0.39, 0.29) is 23.2 Å². The van der Waals surface area contributed by atoms with Gasteiger partial charge in [0, 0.05) is 23.5 Å². The Morgan fingerprint density at radius 1 is 1.38 bits per heavy atom. The number of hydrogen-bond acceptors (Lipinski definition) is 3. The van der Waals surface area contributed by atoms with Gasteiger partial charge in [-0.25, -0.2) is 9.59 Å². The lowest BCUT2D eigenvalue weighted by molar-refractivity contribution is -0.122. The van der Waals surface area contributed by atoms with Crippen molar-refractivity contribution in [3.05, 3.63) is 28.2 Å². The molecular weight excluding hydrogens is 342 g/mol. The summed E-state index contributed by atoms with van der Waals surface area (Å²) in [6, 6.07) is 3.91. The molecule has 8 heteroatoms. The Kier molecular flexibility index (Phi) is 4.79. The second kappa shape index (κ2) is 6.57. The highest BCUT2D eigenvalue weighted by molar-refractivity contribution is 9.10. The van der Waals surface area contributed by atoms with Crippen LogP contribution in [0.4, 0.5) is 10.5 Å². The third kappa shape index (κ3) is 4.19. The number of halogens is 1. The van der Waals surface area contributed by atoms with E-state index in [1.807, 2.05) is 0 Å². The van der Waals surface area contributed by atoms with Crippen molar-refractivity contribution in [2.75, 3.05) is 11.9 Å². The number of aromatic carboxylic acids is 1. The predicted octanol–water partition coefficient (Wildman–Crippen LogP) is 1.55. The highest BCUT2D eigenvalue weighted by atomic mass is 79.9. The molecule has 21 heavy (non-hydrogen) atoms. The summed E-state index contributed by atoms with van der Waals surface area (Å²) in [6.07, 6.45) is 0.926. The standard InChI is InChI=1S/C13H14BrN3O4/c14-7-1-3-10(9(5-7)12(19)20)17-13(21)16-8-2-4-11(18)15-6-8/h1,3,5,8H,2,4,6H2,(H,15,18)(H,19,20)(H2,16,17,21). The zero-order valence-corrected chi connectivity index (χ0v) is 12.6. The van der Waals surface area contributed by atoms with E-state index in [1.165, 1.54) is 12.1 Å². The van der Waals surface area contributed by atoms with Gasteiger partial charge in [-0.3, -0.25) is 4.79 Å². The highest BCUT2D eigenvalue weighted by Gasteiger charge is 2.20. The van der Waals surface area contributed by atoms with Crippen molar-refractivity contribution in [2.45, 2.75) is 18.9 Å². The number of benzene rings is 1. The van der Waals surface area contributed by atoms with E-state index >= 15 is 0 Å². The fraction of sp³-hybridized carbons (Fsp3) is 0.308. The maximum Gasteiger partial charge on any atom is 0.337 e. The van der Waals surface area contributed by atoms with E-state index in [2.05, 4.69) is 31.9 Å². The van der Waals surface area contributed by atoms with E-state index in [0.717, 1.165) is 0 Å². The van der Waals surface area contributed by atoms with Crippen LogP contribution in [0.1, 0.15) is 23.2 Å². The average Bonchev–Trinajstić information content (AvgIpc) is 2.43. The second-order valence-corrected chi connectivity index (χ2v) is 5.55. The number of urea groups is 1. The molecule has 4 N–H and O–H groups in total. The quantitative estimate of drug-likeness (QED) is 0.659. The monoisotopic (exact) mass is 355 g/mol. The van der Waals surface area contributed by atoms with Gasteiger partial charge in [0.15, 0.2) is 0 Å². The summed E-state index contributed by atoms with van der Waals surface area (Å²) >= 11 is 3.18. The molecule has 1 unspecified atom stereocenters. The Morgan fingerprint density at radius 2 is 2.14 bits per heavy atom. The zero-order chi connectivity index (χ0) is 15.4. The molecule has 1 fully saturated rings. The van der Waals surface area contributed by atoms with Gasteiger partial charge in [0.05, 0.1) is 11.3 Å². The van der Waals surface area contributed by atoms with E-state index in [9.17, 15) is 14.4 Å². The molecule has 1 aliphatic heterocycles. The number of carbonyl (C=O) groups is 3. The van der Waals surface area contributed by atoms with Gasteiger partial charge in [0.2, 0.25) is 5.91 Å². The van der Waals surface area contributed by atoms with Crippen molar-refractivity contribution < 1.29 is 19.5 Å². The molecule has 1 atom stereocenters. The first-order valence-electron chi connectivity index (χ1n) is 6.33. The molecule has 0 aliphatic carbocycles. The van der Waals surface area contributed by atoms with Crippen molar-refractivity contribution in [1.29, 1.82) is 0 Å². The van der Waals surface area contributed by atoms with Crippen molar-refractivity contribution in [2.24, 2.45) is 0 Å². The minimum atomic E-state index is -1.13. The van der Waals surface area contributed by atoms with Gasteiger partial charge in [-0.15, -0.1) is 0 Å². The van der Waals surface area contributed by atoms with Crippen LogP contribution in [0.15, 0.2) is 22.7 Å². The molecule has 1 aliphatic rings. The summed E-state index contributed by atoms with van der Waals surface area (Å²) in [7, 11) is 0. The Labute approximate surface area is 129 Å². The first-order chi connectivity index (χ1) is 9.95. The van der Waals surface area contributed by atoms with Gasteiger partial charge in [0.25, 0.3) is 0 Å². The van der Waals surface area contributed by atoms with Gasteiger partial charge in [-0.2, -0.15) is 0 Å². The summed E-state index contributed by atoms with van der Waals surface area (Å²) in [6.45, 7) is 0.373. The smallest absolute Gasteiger partial charge is 0.337 e. The Morgan fingerprint density at radius 3 is 2.76 bits per heavy atom. The lowest BCUT2D eigenvalue weighted by atomic mass is 10.1. The van der Waals surface area contributed by atoms with Crippen LogP contribution >= 0.6 is 15.9 Å². The van der Waals surface area contributed by atoms with Crippen molar-refractivity contribution in [1.82, 2.24) is 10.6 Å². The minimum absolute atomic E-state index is 0.00327. The number of amides is 3. The normalized spacial score (nSPS) is 17.8. The number of nitrogens with one attached hydrogen (secondary N) is 3. The first-order valence-corrected chi connectivity index (χ1v) is 7.12. The van der Waals surface area contributed by atoms with Crippen molar-refractivity contribution in [3.8, 4) is 0 Å². The van der Waals surface area contributed by atoms with Crippen LogP contribution in [-0.2, 0) is 4.79 Å². The third-order valence-electron chi connectivity index (χ3n) is 3.06. The largest absolute Gasteiger partial charge is 0.478 e. The molecule has 0 bridgehead atoms. The SMILES string of the molecule is O=C1CCC(NC(=O)Nc2ccc(Br)cc2C(=O)O)CN1. The fourth-order valence-corrected chi connectivity index (χ4v) is 2.36. The molecular formula is C13H14BrN3O4. The zero-order valence-electron chi connectivity index (χ0n) is 11.0. The summed E-state index contributed by atoms with van der Waals surface area (Å²) in [5.41, 5.74) is 0.208. The van der Waals surface area contributed by atoms with Gasteiger partial charge < -0.3 is 21.1 Å². The van der Waals surface area contributed by atoms with Gasteiger partial charge in [0.1, 0.15) is 0 Å². The molecule has 0 aromatic heterocycles. The molecule has 2 rings (SSSR count). The number of carboxylic acids is 1. The molecule has 112 valence electrons. The number of rotatable bonds is 3. The maximum absolute atomic E-state index is 11.9. The maximum atomic E-state index is 11.9. The Hall–Kier alpha value is -2.09. The fourth-order valence-electron chi connectivity index (χ4n) is 2.00. The van der Waals surface area contributed by atoms with Gasteiger partial charge in [-0.05, 0) is 24.6 Å². The highest BCUT2D eigenvalue weighted by Crippen LogP contribution is 2.21. The van der Waals surface area contributed by atoms with E-state index < -0.39 is 12.0 Å². The van der Waals surface area contributed by atoms with Crippen LogP contribution in [0.2, 0.25) is 0 Å². The third-order valence-corrected chi connectivity index (χ3v) is 3.55.